The molecule has 0 aromatic heterocycles. The summed E-state index contributed by atoms with van der Waals surface area (Å²) in [5.41, 5.74) is 5.83. The van der Waals surface area contributed by atoms with Gasteiger partial charge in [0.1, 0.15) is 5.75 Å². The van der Waals surface area contributed by atoms with Gasteiger partial charge in [-0.1, -0.05) is 0 Å². The van der Waals surface area contributed by atoms with E-state index in [1.54, 1.807) is 25.3 Å². The molecule has 1 aromatic carbocycles. The summed E-state index contributed by atoms with van der Waals surface area (Å²) in [5.74, 6) is 0.439. The van der Waals surface area contributed by atoms with E-state index in [4.69, 9.17) is 10.5 Å². The first kappa shape index (κ1) is 11.0. The molecule has 0 aliphatic heterocycles. The van der Waals surface area contributed by atoms with Crippen LogP contribution >= 0.6 is 15.9 Å². The molecule has 0 fully saturated rings. The van der Waals surface area contributed by atoms with Crippen LogP contribution < -0.4 is 15.8 Å². The van der Waals surface area contributed by atoms with E-state index in [0.29, 0.717) is 11.4 Å². The Kier molecular flexibility index (Phi) is 3.91. The Balaban J connectivity index is 2.84. The summed E-state index contributed by atoms with van der Waals surface area (Å²) in [4.78, 5) is 11.0. The van der Waals surface area contributed by atoms with Gasteiger partial charge in [0.15, 0.2) is 0 Å². The Morgan fingerprint density at radius 1 is 1.64 bits per heavy atom. The summed E-state index contributed by atoms with van der Waals surface area (Å²) in [6, 6.07) is 5.28. The van der Waals surface area contributed by atoms with Crippen LogP contribution in [0.1, 0.15) is 0 Å². The van der Waals surface area contributed by atoms with E-state index in [-0.39, 0.29) is 12.5 Å². The van der Waals surface area contributed by atoms with Crippen molar-refractivity contribution in [1.82, 2.24) is 0 Å². The molecule has 14 heavy (non-hydrogen) atoms. The van der Waals surface area contributed by atoms with Crippen molar-refractivity contribution in [3.8, 4) is 5.75 Å². The van der Waals surface area contributed by atoms with E-state index in [1.807, 2.05) is 0 Å². The lowest BCUT2D eigenvalue weighted by molar-refractivity contribution is -0.114. The van der Waals surface area contributed by atoms with Crippen LogP contribution in [-0.4, -0.2) is 19.6 Å². The highest BCUT2D eigenvalue weighted by molar-refractivity contribution is 9.10. The molecule has 3 N–H and O–H groups in total. The van der Waals surface area contributed by atoms with E-state index >= 15 is 0 Å². The third-order valence-corrected chi connectivity index (χ3v) is 2.28. The third kappa shape index (κ3) is 2.71. The lowest BCUT2D eigenvalue weighted by Gasteiger charge is -2.07. The van der Waals surface area contributed by atoms with E-state index < -0.39 is 0 Å². The molecule has 0 saturated heterocycles. The predicted octanol–water partition coefficient (Wildman–Crippen LogP) is 1.35. The average Bonchev–Trinajstić information content (AvgIpc) is 2.20. The first-order valence-corrected chi connectivity index (χ1v) is 4.80. The highest BCUT2D eigenvalue weighted by Gasteiger charge is 2.03. The summed E-state index contributed by atoms with van der Waals surface area (Å²) in [6.07, 6.45) is 0. The van der Waals surface area contributed by atoms with Gasteiger partial charge in [-0.25, -0.2) is 0 Å². The van der Waals surface area contributed by atoms with Gasteiger partial charge in [0.25, 0.3) is 0 Å². The molecule has 0 aliphatic carbocycles. The molecule has 5 heteroatoms. The minimum Gasteiger partial charge on any atom is -0.495 e. The molecule has 0 atom stereocenters. The van der Waals surface area contributed by atoms with Crippen LogP contribution in [0.25, 0.3) is 0 Å². The van der Waals surface area contributed by atoms with Crippen LogP contribution in [-0.2, 0) is 4.79 Å². The van der Waals surface area contributed by atoms with Crippen LogP contribution in [0.2, 0.25) is 0 Å². The molecule has 0 saturated carbocycles. The fraction of sp³-hybridized carbons (Fsp3) is 0.222. The van der Waals surface area contributed by atoms with Crippen LogP contribution in [0, 0.1) is 0 Å². The quantitative estimate of drug-likeness (QED) is 0.861. The second-order valence-electron chi connectivity index (χ2n) is 2.60. The van der Waals surface area contributed by atoms with Crippen molar-refractivity contribution in [2.75, 3.05) is 19.0 Å². The number of ether oxygens (including phenoxy) is 1. The Morgan fingerprint density at radius 3 is 2.93 bits per heavy atom. The molecule has 0 bridgehead atoms. The smallest absolute Gasteiger partial charge is 0.238 e. The number of halogens is 1. The molecule has 0 radical (unpaired) electrons. The number of hydrogen-bond donors (Lipinski definition) is 2. The number of carbonyl (C=O) groups is 1. The maximum absolute atomic E-state index is 11.0. The van der Waals surface area contributed by atoms with Gasteiger partial charge in [0.2, 0.25) is 5.91 Å². The molecular formula is C9H11BrN2O2. The second kappa shape index (κ2) is 4.97. The first-order valence-electron chi connectivity index (χ1n) is 4.01. The Hall–Kier alpha value is -1.07. The maximum Gasteiger partial charge on any atom is 0.238 e. The number of carbonyl (C=O) groups excluding carboxylic acids is 1. The van der Waals surface area contributed by atoms with Crippen LogP contribution in [0.4, 0.5) is 5.69 Å². The molecule has 0 aliphatic rings. The highest BCUT2D eigenvalue weighted by atomic mass is 79.9. The minimum atomic E-state index is -0.227. The molecule has 1 aromatic rings. The van der Waals surface area contributed by atoms with Gasteiger partial charge in [-0.2, -0.15) is 0 Å². The number of methoxy groups -OCH3 is 1. The fourth-order valence-electron chi connectivity index (χ4n) is 0.950. The number of nitrogens with two attached hydrogens (primary N) is 1. The molecule has 1 rings (SSSR count). The molecule has 76 valence electrons. The number of hydrogen-bond acceptors (Lipinski definition) is 3. The van der Waals surface area contributed by atoms with Crippen molar-refractivity contribution < 1.29 is 9.53 Å². The van der Waals surface area contributed by atoms with Gasteiger partial charge in [-0.3, -0.25) is 4.79 Å². The van der Waals surface area contributed by atoms with Crippen molar-refractivity contribution in [1.29, 1.82) is 0 Å². The summed E-state index contributed by atoms with van der Waals surface area (Å²) >= 11 is 3.31. The Labute approximate surface area is 90.6 Å². The topological polar surface area (TPSA) is 64.3 Å². The monoisotopic (exact) mass is 258 g/mol. The lowest BCUT2D eigenvalue weighted by Crippen LogP contribution is -2.21. The molecular weight excluding hydrogens is 248 g/mol. The molecule has 1 amide bonds. The fourth-order valence-corrected chi connectivity index (χ4v) is 1.36. The average molecular weight is 259 g/mol. The normalized spacial score (nSPS) is 9.64. The Morgan fingerprint density at radius 2 is 2.36 bits per heavy atom. The van der Waals surface area contributed by atoms with Gasteiger partial charge in [-0.05, 0) is 28.1 Å². The van der Waals surface area contributed by atoms with E-state index in [9.17, 15) is 4.79 Å². The van der Waals surface area contributed by atoms with Crippen LogP contribution in [0.5, 0.6) is 5.75 Å². The van der Waals surface area contributed by atoms with Crippen molar-refractivity contribution in [3.05, 3.63) is 22.7 Å². The molecule has 0 unspecified atom stereocenters. The number of anilines is 1. The predicted molar refractivity (Wildman–Crippen MR) is 58.4 cm³/mol. The minimum absolute atomic E-state index is 0.0294. The van der Waals surface area contributed by atoms with Gasteiger partial charge >= 0.3 is 0 Å². The van der Waals surface area contributed by atoms with Crippen molar-refractivity contribution in [2.24, 2.45) is 5.73 Å². The first-order chi connectivity index (χ1) is 6.67. The van der Waals surface area contributed by atoms with Crippen LogP contribution in [0.15, 0.2) is 22.7 Å². The third-order valence-electron chi connectivity index (χ3n) is 1.62. The zero-order chi connectivity index (χ0) is 10.6. The number of benzene rings is 1. The lowest BCUT2D eigenvalue weighted by atomic mass is 10.3. The van der Waals surface area contributed by atoms with Crippen LogP contribution in [0.3, 0.4) is 0 Å². The van der Waals surface area contributed by atoms with Gasteiger partial charge < -0.3 is 15.8 Å². The van der Waals surface area contributed by atoms with Gasteiger partial charge in [0, 0.05) is 11.8 Å². The van der Waals surface area contributed by atoms with Crippen molar-refractivity contribution in [3.63, 3.8) is 0 Å². The summed E-state index contributed by atoms with van der Waals surface area (Å²) in [5, 5.41) is 2.63. The van der Waals surface area contributed by atoms with Crippen molar-refractivity contribution >= 4 is 27.5 Å². The van der Waals surface area contributed by atoms with Crippen molar-refractivity contribution in [2.45, 2.75) is 0 Å². The summed E-state index contributed by atoms with van der Waals surface area (Å²) in [6.45, 7) is -0.0294. The highest BCUT2D eigenvalue weighted by Crippen LogP contribution is 2.27. The zero-order valence-electron chi connectivity index (χ0n) is 7.71. The molecule has 0 spiro atoms. The SMILES string of the molecule is COc1cc(NC(=O)CN)ccc1Br. The second-order valence-corrected chi connectivity index (χ2v) is 3.46. The standard InChI is InChI=1S/C9H11BrN2O2/c1-14-8-4-6(2-3-7(8)10)12-9(13)5-11/h2-4H,5,11H2,1H3,(H,12,13). The molecule has 0 heterocycles. The maximum atomic E-state index is 11.0. The summed E-state index contributed by atoms with van der Waals surface area (Å²) < 4.78 is 5.91. The number of rotatable bonds is 3. The van der Waals surface area contributed by atoms with Gasteiger partial charge in [0.05, 0.1) is 18.1 Å². The number of nitrogens with one attached hydrogen (secondary N) is 1. The zero-order valence-corrected chi connectivity index (χ0v) is 9.30. The van der Waals surface area contributed by atoms with E-state index in [2.05, 4.69) is 21.2 Å². The van der Waals surface area contributed by atoms with E-state index in [0.717, 1.165) is 4.47 Å². The Bertz CT molecular complexity index is 342. The van der Waals surface area contributed by atoms with E-state index in [1.165, 1.54) is 0 Å². The number of amides is 1. The largest absolute Gasteiger partial charge is 0.495 e. The summed E-state index contributed by atoms with van der Waals surface area (Å²) in [7, 11) is 1.56. The molecule has 4 nitrogen and oxygen atoms in total. The van der Waals surface area contributed by atoms with Gasteiger partial charge in [-0.15, -0.1) is 0 Å².